The van der Waals surface area contributed by atoms with Gasteiger partial charge < -0.3 is 10.2 Å². The van der Waals surface area contributed by atoms with Crippen LogP contribution in [0.15, 0.2) is 42.5 Å². The zero-order chi connectivity index (χ0) is 11.5. The van der Waals surface area contributed by atoms with Crippen molar-refractivity contribution in [3.63, 3.8) is 0 Å². The fourth-order valence-corrected chi connectivity index (χ4v) is 1.81. The lowest BCUT2D eigenvalue weighted by Crippen LogP contribution is -1.87. The lowest BCUT2D eigenvalue weighted by atomic mass is 10.0. The van der Waals surface area contributed by atoms with Crippen molar-refractivity contribution in [2.24, 2.45) is 0 Å². The number of aliphatic hydroxyl groups excluding tert-OH is 1. The van der Waals surface area contributed by atoms with E-state index < -0.39 is 0 Å². The van der Waals surface area contributed by atoms with E-state index in [4.69, 9.17) is 16.7 Å². The second kappa shape index (κ2) is 4.56. The molecule has 0 fully saturated rings. The summed E-state index contributed by atoms with van der Waals surface area (Å²) in [6.07, 6.45) is 0. The minimum Gasteiger partial charge on any atom is -0.506 e. The van der Waals surface area contributed by atoms with Gasteiger partial charge >= 0.3 is 0 Å². The van der Waals surface area contributed by atoms with Crippen LogP contribution in [0.1, 0.15) is 5.56 Å². The Hall–Kier alpha value is -1.51. The summed E-state index contributed by atoms with van der Waals surface area (Å²) in [6, 6.07) is 13.1. The summed E-state index contributed by atoms with van der Waals surface area (Å²) in [7, 11) is 0. The Morgan fingerprint density at radius 1 is 1.00 bits per heavy atom. The predicted molar refractivity (Wildman–Crippen MR) is 64.5 cm³/mol. The normalized spacial score (nSPS) is 10.4. The van der Waals surface area contributed by atoms with Gasteiger partial charge in [-0.25, -0.2) is 0 Å². The minimum absolute atomic E-state index is 0.0520. The van der Waals surface area contributed by atoms with Crippen molar-refractivity contribution in [2.45, 2.75) is 6.61 Å². The number of aromatic hydroxyl groups is 1. The van der Waals surface area contributed by atoms with Crippen LogP contribution in [0.3, 0.4) is 0 Å². The molecular formula is C13H11ClO2. The van der Waals surface area contributed by atoms with E-state index in [0.29, 0.717) is 5.56 Å². The Balaban J connectivity index is 2.55. The predicted octanol–water partition coefficient (Wildman–Crippen LogP) is 3.20. The molecule has 82 valence electrons. The molecule has 0 aliphatic carbocycles. The Morgan fingerprint density at radius 2 is 1.69 bits per heavy atom. The highest BCUT2D eigenvalue weighted by Crippen LogP contribution is 2.33. The first-order valence-electron chi connectivity index (χ1n) is 4.90. The van der Waals surface area contributed by atoms with E-state index in [1.807, 2.05) is 30.3 Å². The van der Waals surface area contributed by atoms with Crippen molar-refractivity contribution in [3.05, 3.63) is 53.1 Å². The molecule has 2 aromatic rings. The molecule has 0 aliphatic rings. The van der Waals surface area contributed by atoms with Gasteiger partial charge in [-0.1, -0.05) is 41.9 Å². The molecule has 2 aromatic carbocycles. The van der Waals surface area contributed by atoms with Gasteiger partial charge in [0.1, 0.15) is 5.75 Å². The van der Waals surface area contributed by atoms with Crippen molar-refractivity contribution >= 4 is 11.6 Å². The molecule has 0 saturated carbocycles. The molecule has 0 heterocycles. The molecule has 0 radical (unpaired) electrons. The molecule has 0 atom stereocenters. The van der Waals surface area contributed by atoms with Gasteiger partial charge in [0.15, 0.2) is 0 Å². The first-order valence-corrected chi connectivity index (χ1v) is 5.28. The van der Waals surface area contributed by atoms with Crippen LogP contribution in [0.25, 0.3) is 11.1 Å². The molecule has 0 spiro atoms. The zero-order valence-corrected chi connectivity index (χ0v) is 9.28. The third kappa shape index (κ3) is 2.03. The van der Waals surface area contributed by atoms with Gasteiger partial charge in [0.2, 0.25) is 0 Å². The molecule has 2 N–H and O–H groups in total. The summed E-state index contributed by atoms with van der Waals surface area (Å²) in [4.78, 5) is 0. The van der Waals surface area contributed by atoms with E-state index in [9.17, 15) is 5.11 Å². The number of halogens is 1. The number of hydrogen-bond acceptors (Lipinski definition) is 2. The van der Waals surface area contributed by atoms with Gasteiger partial charge in [-0.15, -0.1) is 0 Å². The molecule has 0 aromatic heterocycles. The van der Waals surface area contributed by atoms with Crippen molar-refractivity contribution in [2.75, 3.05) is 0 Å². The summed E-state index contributed by atoms with van der Waals surface area (Å²) < 4.78 is 0. The molecule has 2 nitrogen and oxygen atoms in total. The van der Waals surface area contributed by atoms with E-state index in [2.05, 4.69) is 0 Å². The van der Waals surface area contributed by atoms with Crippen molar-refractivity contribution in [3.8, 4) is 16.9 Å². The van der Waals surface area contributed by atoms with Gasteiger partial charge in [0.05, 0.1) is 11.6 Å². The molecular weight excluding hydrogens is 224 g/mol. The third-order valence-electron chi connectivity index (χ3n) is 2.42. The summed E-state index contributed by atoms with van der Waals surface area (Å²) in [5.41, 5.74) is 2.32. The smallest absolute Gasteiger partial charge is 0.139 e. The Kier molecular flexibility index (Phi) is 3.13. The standard InChI is InChI=1S/C13H11ClO2/c14-12-7-10(6-11(8-15)13(12)16)9-4-2-1-3-5-9/h1-7,15-16H,8H2. The topological polar surface area (TPSA) is 40.5 Å². The maximum absolute atomic E-state index is 9.58. The molecule has 3 heteroatoms. The van der Waals surface area contributed by atoms with Crippen LogP contribution in [0.4, 0.5) is 0 Å². The molecule has 16 heavy (non-hydrogen) atoms. The minimum atomic E-state index is -0.230. The Morgan fingerprint density at radius 3 is 2.31 bits per heavy atom. The van der Waals surface area contributed by atoms with Gasteiger partial charge in [0, 0.05) is 5.56 Å². The second-order valence-electron chi connectivity index (χ2n) is 3.49. The highest BCUT2D eigenvalue weighted by Gasteiger charge is 2.08. The average molecular weight is 235 g/mol. The van der Waals surface area contributed by atoms with Crippen LogP contribution < -0.4 is 0 Å². The highest BCUT2D eigenvalue weighted by atomic mass is 35.5. The van der Waals surface area contributed by atoms with Crippen LogP contribution in [0.2, 0.25) is 5.02 Å². The van der Waals surface area contributed by atoms with Crippen molar-refractivity contribution < 1.29 is 10.2 Å². The summed E-state index contributed by atoms with van der Waals surface area (Å²) in [6.45, 7) is -0.230. The first kappa shape index (κ1) is 11.0. The SMILES string of the molecule is OCc1cc(-c2ccccc2)cc(Cl)c1O. The van der Waals surface area contributed by atoms with Crippen LogP contribution in [-0.2, 0) is 6.61 Å². The number of phenols is 1. The van der Waals surface area contributed by atoms with Crippen LogP contribution in [0.5, 0.6) is 5.75 Å². The molecule has 0 aliphatic heterocycles. The Labute approximate surface area is 98.7 Å². The van der Waals surface area contributed by atoms with Gasteiger partial charge in [-0.2, -0.15) is 0 Å². The highest BCUT2D eigenvalue weighted by molar-refractivity contribution is 6.32. The van der Waals surface area contributed by atoms with Crippen molar-refractivity contribution in [1.29, 1.82) is 0 Å². The Bertz CT molecular complexity index is 495. The fraction of sp³-hybridized carbons (Fsp3) is 0.0769. The lowest BCUT2D eigenvalue weighted by molar-refractivity contribution is 0.275. The van der Waals surface area contributed by atoms with E-state index in [1.165, 1.54) is 0 Å². The van der Waals surface area contributed by atoms with Crippen molar-refractivity contribution in [1.82, 2.24) is 0 Å². The largest absolute Gasteiger partial charge is 0.506 e. The molecule has 0 saturated heterocycles. The molecule has 2 rings (SSSR count). The molecule has 0 amide bonds. The lowest BCUT2D eigenvalue weighted by Gasteiger charge is -2.08. The van der Waals surface area contributed by atoms with Gasteiger partial charge in [-0.05, 0) is 23.3 Å². The second-order valence-corrected chi connectivity index (χ2v) is 3.90. The number of aliphatic hydroxyl groups is 1. The summed E-state index contributed by atoms with van der Waals surface area (Å²) >= 11 is 5.89. The average Bonchev–Trinajstić information content (AvgIpc) is 2.33. The monoisotopic (exact) mass is 234 g/mol. The number of benzene rings is 2. The maximum atomic E-state index is 9.58. The first-order chi connectivity index (χ1) is 7.72. The van der Waals surface area contributed by atoms with Crippen LogP contribution in [0, 0.1) is 0 Å². The van der Waals surface area contributed by atoms with Gasteiger partial charge in [0.25, 0.3) is 0 Å². The number of rotatable bonds is 2. The van der Waals surface area contributed by atoms with E-state index in [1.54, 1.807) is 12.1 Å². The molecule has 0 unspecified atom stereocenters. The summed E-state index contributed by atoms with van der Waals surface area (Å²) in [5, 5.41) is 18.9. The van der Waals surface area contributed by atoms with Crippen LogP contribution in [-0.4, -0.2) is 10.2 Å². The van der Waals surface area contributed by atoms with Gasteiger partial charge in [-0.3, -0.25) is 0 Å². The third-order valence-corrected chi connectivity index (χ3v) is 2.71. The zero-order valence-electron chi connectivity index (χ0n) is 8.52. The molecule has 0 bridgehead atoms. The van der Waals surface area contributed by atoms with E-state index >= 15 is 0 Å². The van der Waals surface area contributed by atoms with E-state index in [-0.39, 0.29) is 17.4 Å². The number of hydrogen-bond donors (Lipinski definition) is 2. The maximum Gasteiger partial charge on any atom is 0.139 e. The fourth-order valence-electron chi connectivity index (χ4n) is 1.57. The summed E-state index contributed by atoms with van der Waals surface area (Å²) in [5.74, 6) is -0.0520. The van der Waals surface area contributed by atoms with E-state index in [0.717, 1.165) is 11.1 Å². The quantitative estimate of drug-likeness (QED) is 0.838. The van der Waals surface area contributed by atoms with Crippen LogP contribution >= 0.6 is 11.6 Å².